The van der Waals surface area contributed by atoms with Gasteiger partial charge in [0.05, 0.1) is 0 Å². The van der Waals surface area contributed by atoms with E-state index in [9.17, 15) is 0 Å². The molecule has 0 aliphatic carbocycles. The molecule has 2 heteroatoms. The Labute approximate surface area is 87.7 Å². The SMILES string of the molecule is C=NN1CCCC/C1=C(/C)C(C)(C)C. The van der Waals surface area contributed by atoms with Crippen molar-refractivity contribution in [2.24, 2.45) is 10.5 Å². The molecule has 0 atom stereocenters. The van der Waals surface area contributed by atoms with E-state index < -0.39 is 0 Å². The molecule has 14 heavy (non-hydrogen) atoms. The Hall–Kier alpha value is -0.790. The maximum absolute atomic E-state index is 4.09. The highest BCUT2D eigenvalue weighted by Crippen LogP contribution is 2.33. The molecule has 2 nitrogen and oxygen atoms in total. The fraction of sp³-hybridized carbons (Fsp3) is 0.750. The van der Waals surface area contributed by atoms with Crippen LogP contribution in [0.3, 0.4) is 0 Å². The van der Waals surface area contributed by atoms with Crippen LogP contribution in [0.1, 0.15) is 47.0 Å². The highest BCUT2D eigenvalue weighted by atomic mass is 15.4. The summed E-state index contributed by atoms with van der Waals surface area (Å²) in [7, 11) is 0. The van der Waals surface area contributed by atoms with Crippen LogP contribution in [-0.2, 0) is 0 Å². The predicted molar refractivity (Wildman–Crippen MR) is 62.3 cm³/mol. The summed E-state index contributed by atoms with van der Waals surface area (Å²) in [5.41, 5.74) is 3.08. The fourth-order valence-corrected chi connectivity index (χ4v) is 1.79. The topological polar surface area (TPSA) is 15.6 Å². The van der Waals surface area contributed by atoms with Gasteiger partial charge in [-0.3, -0.25) is 5.01 Å². The lowest BCUT2D eigenvalue weighted by atomic mass is 9.84. The van der Waals surface area contributed by atoms with E-state index in [2.05, 4.69) is 44.5 Å². The van der Waals surface area contributed by atoms with Crippen molar-refractivity contribution in [3.05, 3.63) is 11.3 Å². The van der Waals surface area contributed by atoms with Crippen molar-refractivity contribution in [1.29, 1.82) is 0 Å². The van der Waals surface area contributed by atoms with Gasteiger partial charge in [0.1, 0.15) is 0 Å². The van der Waals surface area contributed by atoms with E-state index in [-0.39, 0.29) is 5.41 Å². The predicted octanol–water partition coefficient (Wildman–Crippen LogP) is 3.41. The molecule has 0 amide bonds. The number of piperidine rings is 1. The minimum absolute atomic E-state index is 0.246. The van der Waals surface area contributed by atoms with Crippen molar-refractivity contribution in [2.75, 3.05) is 6.54 Å². The number of hydrazone groups is 1. The van der Waals surface area contributed by atoms with Crippen LogP contribution in [0, 0.1) is 5.41 Å². The van der Waals surface area contributed by atoms with Gasteiger partial charge in [0.25, 0.3) is 0 Å². The first kappa shape index (κ1) is 11.3. The second-order valence-corrected chi connectivity index (χ2v) is 5.04. The molecule has 0 aromatic heterocycles. The van der Waals surface area contributed by atoms with Gasteiger partial charge in [0, 0.05) is 19.0 Å². The monoisotopic (exact) mass is 194 g/mol. The normalized spacial score (nSPS) is 22.1. The Morgan fingerprint density at radius 3 is 2.50 bits per heavy atom. The molecular formula is C12H22N2. The molecular weight excluding hydrogens is 172 g/mol. The van der Waals surface area contributed by atoms with Crippen molar-refractivity contribution in [3.63, 3.8) is 0 Å². The van der Waals surface area contributed by atoms with Gasteiger partial charge in [-0.1, -0.05) is 20.8 Å². The Kier molecular flexibility index (Phi) is 3.35. The summed E-state index contributed by atoms with van der Waals surface area (Å²) in [6.45, 7) is 13.7. The second-order valence-electron chi connectivity index (χ2n) is 5.04. The van der Waals surface area contributed by atoms with Crippen molar-refractivity contribution in [1.82, 2.24) is 5.01 Å². The van der Waals surface area contributed by atoms with E-state index in [0.29, 0.717) is 0 Å². The second kappa shape index (κ2) is 4.16. The largest absolute Gasteiger partial charge is 0.270 e. The van der Waals surface area contributed by atoms with E-state index >= 15 is 0 Å². The highest BCUT2D eigenvalue weighted by Gasteiger charge is 2.22. The summed E-state index contributed by atoms with van der Waals surface area (Å²) in [5.74, 6) is 0. The van der Waals surface area contributed by atoms with Crippen LogP contribution < -0.4 is 0 Å². The van der Waals surface area contributed by atoms with Crippen LogP contribution in [0.5, 0.6) is 0 Å². The molecule has 0 spiro atoms. The van der Waals surface area contributed by atoms with Crippen LogP contribution in [-0.4, -0.2) is 18.3 Å². The van der Waals surface area contributed by atoms with Crippen molar-refractivity contribution >= 4 is 6.72 Å². The van der Waals surface area contributed by atoms with Gasteiger partial charge in [0.15, 0.2) is 0 Å². The third kappa shape index (κ3) is 2.37. The lowest BCUT2D eigenvalue weighted by molar-refractivity contribution is 0.291. The molecule has 1 aliphatic rings. The molecule has 0 bridgehead atoms. The summed E-state index contributed by atoms with van der Waals surface area (Å²) >= 11 is 0. The molecule has 0 radical (unpaired) electrons. The average molecular weight is 194 g/mol. The maximum atomic E-state index is 4.09. The van der Waals surface area contributed by atoms with Gasteiger partial charge in [-0.2, -0.15) is 5.10 Å². The quantitative estimate of drug-likeness (QED) is 0.584. The average Bonchev–Trinajstić information content (AvgIpc) is 2.15. The molecule has 0 N–H and O–H groups in total. The molecule has 1 heterocycles. The van der Waals surface area contributed by atoms with Gasteiger partial charge in [-0.05, 0) is 37.2 Å². The summed E-state index contributed by atoms with van der Waals surface area (Å²) in [4.78, 5) is 0. The van der Waals surface area contributed by atoms with Crippen LogP contribution in [0.25, 0.3) is 0 Å². The molecule has 1 saturated heterocycles. The van der Waals surface area contributed by atoms with Crippen molar-refractivity contribution < 1.29 is 0 Å². The molecule has 0 saturated carbocycles. The smallest absolute Gasteiger partial charge is 0.0412 e. The first-order valence-electron chi connectivity index (χ1n) is 5.41. The lowest BCUT2D eigenvalue weighted by Crippen LogP contribution is -2.26. The van der Waals surface area contributed by atoms with Gasteiger partial charge >= 0.3 is 0 Å². The maximum Gasteiger partial charge on any atom is 0.0412 e. The first-order chi connectivity index (χ1) is 6.46. The third-order valence-electron chi connectivity index (χ3n) is 3.07. The third-order valence-corrected chi connectivity index (χ3v) is 3.07. The zero-order chi connectivity index (χ0) is 10.8. The molecule has 1 fully saturated rings. The molecule has 80 valence electrons. The van der Waals surface area contributed by atoms with E-state index in [4.69, 9.17) is 0 Å². The van der Waals surface area contributed by atoms with Crippen LogP contribution in [0.4, 0.5) is 0 Å². The number of hydrogen-bond acceptors (Lipinski definition) is 2. The Morgan fingerprint density at radius 1 is 1.36 bits per heavy atom. The number of hydrogen-bond donors (Lipinski definition) is 0. The van der Waals surface area contributed by atoms with Gasteiger partial charge in [-0.15, -0.1) is 0 Å². The molecule has 0 aromatic carbocycles. The number of rotatable bonds is 1. The summed E-state index contributed by atoms with van der Waals surface area (Å²) in [6, 6.07) is 0. The summed E-state index contributed by atoms with van der Waals surface area (Å²) in [5, 5.41) is 6.16. The van der Waals surface area contributed by atoms with Gasteiger partial charge < -0.3 is 0 Å². The van der Waals surface area contributed by atoms with Gasteiger partial charge in [0.2, 0.25) is 0 Å². The Balaban J connectivity index is 2.96. The first-order valence-corrected chi connectivity index (χ1v) is 5.41. The van der Waals surface area contributed by atoms with Crippen LogP contribution >= 0.6 is 0 Å². The van der Waals surface area contributed by atoms with E-state index in [1.807, 2.05) is 0 Å². The summed E-state index contributed by atoms with van der Waals surface area (Å²) in [6.07, 6.45) is 3.68. The zero-order valence-corrected chi connectivity index (χ0v) is 9.93. The van der Waals surface area contributed by atoms with E-state index in [0.717, 1.165) is 13.0 Å². The van der Waals surface area contributed by atoms with Crippen molar-refractivity contribution in [2.45, 2.75) is 47.0 Å². The van der Waals surface area contributed by atoms with Gasteiger partial charge in [-0.25, -0.2) is 0 Å². The number of nitrogens with zero attached hydrogens (tertiary/aromatic N) is 2. The van der Waals surface area contributed by atoms with E-state index in [1.54, 1.807) is 0 Å². The van der Waals surface area contributed by atoms with Crippen LogP contribution in [0.15, 0.2) is 16.4 Å². The Bertz CT molecular complexity index is 246. The minimum Gasteiger partial charge on any atom is -0.270 e. The number of allylic oxidation sites excluding steroid dienone is 2. The molecule has 0 aromatic rings. The summed E-state index contributed by atoms with van der Waals surface area (Å²) < 4.78 is 0. The van der Waals surface area contributed by atoms with Crippen molar-refractivity contribution in [3.8, 4) is 0 Å². The van der Waals surface area contributed by atoms with Crippen LogP contribution in [0.2, 0.25) is 0 Å². The fourth-order valence-electron chi connectivity index (χ4n) is 1.79. The zero-order valence-electron chi connectivity index (χ0n) is 9.93. The van der Waals surface area contributed by atoms with E-state index in [1.165, 1.54) is 24.1 Å². The lowest BCUT2D eigenvalue weighted by Gasteiger charge is -2.32. The molecule has 1 aliphatic heterocycles. The highest BCUT2D eigenvalue weighted by molar-refractivity contribution is 5.25. The molecule has 1 rings (SSSR count). The standard InChI is InChI=1S/C12H22N2/c1-10(12(2,3)4)11-8-6-7-9-14(11)13-5/h5-9H2,1-4H3/b11-10+. The molecule has 0 unspecified atom stereocenters. The Morgan fingerprint density at radius 2 is 2.00 bits per heavy atom. The minimum atomic E-state index is 0.246.